The van der Waals surface area contributed by atoms with E-state index in [0.29, 0.717) is 11.1 Å². The second-order valence-electron chi connectivity index (χ2n) is 4.45. The van der Waals surface area contributed by atoms with E-state index in [1.165, 1.54) is 0 Å². The predicted molar refractivity (Wildman–Crippen MR) is 70.0 cm³/mol. The smallest absolute Gasteiger partial charge is 0.139 e. The number of hydrogen-bond acceptors (Lipinski definition) is 1. The Morgan fingerprint density at radius 3 is 1.59 bits per heavy atom. The number of fused-ring (bicyclic) bond motifs is 3. The molecule has 1 heteroatoms. The minimum Gasteiger partial charge on any atom is -0.455 e. The predicted octanol–water partition coefficient (Wildman–Crippen LogP) is 4.32. The van der Waals surface area contributed by atoms with Crippen LogP contribution in [-0.4, -0.2) is 0 Å². The molecule has 2 aromatic carbocycles. The van der Waals surface area contributed by atoms with Crippen LogP contribution in [0, 0.1) is 27.7 Å². The summed E-state index contributed by atoms with van der Waals surface area (Å²) < 4.78 is 5.83. The van der Waals surface area contributed by atoms with Gasteiger partial charge in [-0.1, -0.05) is 24.3 Å². The molecule has 0 amide bonds. The molecule has 0 aliphatic heterocycles. The van der Waals surface area contributed by atoms with E-state index >= 15 is 0 Å². The summed E-state index contributed by atoms with van der Waals surface area (Å²) >= 11 is 0. The Balaban J connectivity index is 2.58. The van der Waals surface area contributed by atoms with Crippen molar-refractivity contribution in [1.82, 2.24) is 0 Å². The first-order valence-corrected chi connectivity index (χ1v) is 5.56. The van der Waals surface area contributed by atoms with Crippen LogP contribution in [0.4, 0.5) is 0 Å². The van der Waals surface area contributed by atoms with Gasteiger partial charge in [0.05, 0.1) is 0 Å². The minimum absolute atomic E-state index is 0.691. The normalized spacial score (nSPS) is 11.5. The average Bonchev–Trinajstić information content (AvgIpc) is 2.69. The van der Waals surface area contributed by atoms with E-state index in [9.17, 15) is 0 Å². The molecule has 1 heterocycles. The van der Waals surface area contributed by atoms with Crippen LogP contribution < -0.4 is 0 Å². The van der Waals surface area contributed by atoms with Crippen molar-refractivity contribution in [1.29, 1.82) is 0 Å². The molecular formula is C16H12O. The molecule has 0 fully saturated rings. The van der Waals surface area contributed by atoms with Crippen molar-refractivity contribution in [2.75, 3.05) is 0 Å². The van der Waals surface area contributed by atoms with Crippen LogP contribution in [0.1, 0.15) is 22.3 Å². The van der Waals surface area contributed by atoms with E-state index in [0.717, 1.165) is 33.1 Å². The highest BCUT2D eigenvalue weighted by atomic mass is 16.3. The summed E-state index contributed by atoms with van der Waals surface area (Å²) in [5.74, 6) is 0. The van der Waals surface area contributed by atoms with Gasteiger partial charge < -0.3 is 4.42 Å². The lowest BCUT2D eigenvalue weighted by atomic mass is 10.0. The molecule has 82 valence electrons. The second kappa shape index (κ2) is 3.36. The molecule has 4 radical (unpaired) electrons. The van der Waals surface area contributed by atoms with Crippen LogP contribution >= 0.6 is 0 Å². The standard InChI is InChI=1S/C16H12O/c1-9-5-7-13-14-8-6-10(2)12(4)16(14)17-15(13)11(9)3/h3-8H,1-2H3. The van der Waals surface area contributed by atoms with E-state index in [-0.39, 0.29) is 0 Å². The van der Waals surface area contributed by atoms with Gasteiger partial charge in [-0.3, -0.25) is 0 Å². The third kappa shape index (κ3) is 1.32. The molecule has 0 spiro atoms. The summed E-state index contributed by atoms with van der Waals surface area (Å²) in [5.41, 5.74) is 4.89. The third-order valence-corrected chi connectivity index (χ3v) is 3.32. The monoisotopic (exact) mass is 220 g/mol. The Morgan fingerprint density at radius 2 is 1.18 bits per heavy atom. The van der Waals surface area contributed by atoms with E-state index in [2.05, 4.69) is 0 Å². The van der Waals surface area contributed by atoms with E-state index in [1.807, 2.05) is 38.1 Å². The lowest BCUT2D eigenvalue weighted by molar-refractivity contribution is 0.664. The van der Waals surface area contributed by atoms with Crippen molar-refractivity contribution < 1.29 is 4.42 Å². The highest BCUT2D eigenvalue weighted by Gasteiger charge is 2.12. The first-order valence-electron chi connectivity index (χ1n) is 5.56. The van der Waals surface area contributed by atoms with Crippen molar-refractivity contribution in [3.63, 3.8) is 0 Å². The number of furan rings is 1. The van der Waals surface area contributed by atoms with E-state index < -0.39 is 0 Å². The molecule has 0 saturated carbocycles. The Labute approximate surface area is 101 Å². The van der Waals surface area contributed by atoms with Crippen LogP contribution in [0.25, 0.3) is 21.9 Å². The van der Waals surface area contributed by atoms with Gasteiger partial charge in [0.1, 0.15) is 11.2 Å². The van der Waals surface area contributed by atoms with E-state index in [4.69, 9.17) is 18.3 Å². The third-order valence-electron chi connectivity index (χ3n) is 3.32. The van der Waals surface area contributed by atoms with Gasteiger partial charge in [-0.2, -0.15) is 0 Å². The molecule has 3 aromatic rings. The maximum absolute atomic E-state index is 6.04. The van der Waals surface area contributed by atoms with Gasteiger partial charge in [-0.05, 0) is 25.0 Å². The quantitative estimate of drug-likeness (QED) is 0.550. The number of benzene rings is 2. The van der Waals surface area contributed by atoms with Crippen molar-refractivity contribution >= 4 is 21.9 Å². The molecule has 1 nitrogen and oxygen atoms in total. The maximum Gasteiger partial charge on any atom is 0.139 e. The van der Waals surface area contributed by atoms with Crippen LogP contribution in [0.2, 0.25) is 0 Å². The largest absolute Gasteiger partial charge is 0.455 e. The molecule has 0 aliphatic carbocycles. The first-order chi connectivity index (χ1) is 8.09. The number of hydrogen-bond donors (Lipinski definition) is 0. The summed E-state index contributed by atoms with van der Waals surface area (Å²) in [5, 5.41) is 2.05. The molecule has 0 aliphatic rings. The van der Waals surface area contributed by atoms with Gasteiger partial charge in [-0.15, -0.1) is 0 Å². The van der Waals surface area contributed by atoms with Crippen LogP contribution in [0.15, 0.2) is 28.7 Å². The zero-order valence-corrected chi connectivity index (χ0v) is 9.87. The van der Waals surface area contributed by atoms with Gasteiger partial charge in [-0.25, -0.2) is 0 Å². The molecular weight excluding hydrogens is 208 g/mol. The van der Waals surface area contributed by atoms with Gasteiger partial charge in [0, 0.05) is 35.7 Å². The fourth-order valence-corrected chi connectivity index (χ4v) is 2.14. The van der Waals surface area contributed by atoms with Crippen molar-refractivity contribution in [3.05, 3.63) is 60.4 Å². The molecule has 3 rings (SSSR count). The highest BCUT2D eigenvalue weighted by Crippen LogP contribution is 2.34. The fraction of sp³-hybridized carbons (Fsp3) is 0.125. The molecule has 0 saturated heterocycles. The minimum atomic E-state index is 0.691. The molecule has 0 atom stereocenters. The zero-order chi connectivity index (χ0) is 12.2. The van der Waals surface area contributed by atoms with Crippen LogP contribution in [0.3, 0.4) is 0 Å². The lowest BCUT2D eigenvalue weighted by Crippen LogP contribution is -1.80. The topological polar surface area (TPSA) is 13.1 Å². The van der Waals surface area contributed by atoms with Gasteiger partial charge in [0.25, 0.3) is 0 Å². The fourth-order valence-electron chi connectivity index (χ4n) is 2.14. The Bertz CT molecular complexity index is 670. The average molecular weight is 220 g/mol. The lowest BCUT2D eigenvalue weighted by Gasteiger charge is -1.98. The molecule has 0 bridgehead atoms. The van der Waals surface area contributed by atoms with Crippen LogP contribution in [0.5, 0.6) is 0 Å². The summed E-state index contributed by atoms with van der Waals surface area (Å²) in [6.07, 6.45) is 0. The van der Waals surface area contributed by atoms with Crippen molar-refractivity contribution in [2.45, 2.75) is 13.8 Å². The maximum atomic E-state index is 6.04. The summed E-state index contributed by atoms with van der Waals surface area (Å²) in [4.78, 5) is 0. The molecule has 1 aromatic heterocycles. The zero-order valence-electron chi connectivity index (χ0n) is 9.87. The second-order valence-corrected chi connectivity index (χ2v) is 4.45. The molecule has 0 unspecified atom stereocenters. The SMILES string of the molecule is [CH]c1c(C)ccc2c1oc1c([CH])c(C)ccc12. The Kier molecular flexibility index (Phi) is 2.06. The number of rotatable bonds is 0. The van der Waals surface area contributed by atoms with E-state index in [1.54, 1.807) is 0 Å². The summed E-state index contributed by atoms with van der Waals surface area (Å²) in [7, 11) is 0. The van der Waals surface area contributed by atoms with Crippen molar-refractivity contribution in [3.8, 4) is 0 Å². The van der Waals surface area contributed by atoms with Crippen molar-refractivity contribution in [2.24, 2.45) is 0 Å². The molecule has 17 heavy (non-hydrogen) atoms. The Morgan fingerprint density at radius 1 is 0.765 bits per heavy atom. The summed E-state index contributed by atoms with van der Waals surface area (Å²) in [6.45, 7) is 16.0. The first kappa shape index (κ1) is 10.4. The summed E-state index contributed by atoms with van der Waals surface area (Å²) in [6, 6.07) is 8.06. The highest BCUT2D eigenvalue weighted by molar-refractivity contribution is 6.07. The Hall–Kier alpha value is -1.76. The van der Waals surface area contributed by atoms with Gasteiger partial charge in [0.2, 0.25) is 0 Å². The van der Waals surface area contributed by atoms with Gasteiger partial charge in [0.15, 0.2) is 0 Å². The number of aryl methyl sites for hydroxylation is 2. The molecule has 0 N–H and O–H groups in total. The van der Waals surface area contributed by atoms with Gasteiger partial charge >= 0.3 is 0 Å². The van der Waals surface area contributed by atoms with Crippen LogP contribution in [-0.2, 0) is 0 Å².